The number of ether oxygens (including phenoxy) is 1. The van der Waals surface area contributed by atoms with E-state index in [0.717, 1.165) is 18.2 Å². The Morgan fingerprint density at radius 1 is 1.03 bits per heavy atom. The molecule has 0 bridgehead atoms. The van der Waals surface area contributed by atoms with E-state index in [1.54, 1.807) is 0 Å². The van der Waals surface area contributed by atoms with Crippen molar-refractivity contribution in [2.45, 2.75) is 19.3 Å². The number of aliphatic hydroxyl groups is 1. The minimum Gasteiger partial charge on any atom is -0.872 e. The van der Waals surface area contributed by atoms with Crippen LogP contribution in [0.5, 0.6) is 23.0 Å². The fraction of sp³-hybridized carbons (Fsp3) is 0.250. The zero-order valence-corrected chi connectivity index (χ0v) is 15.3. The van der Waals surface area contributed by atoms with E-state index in [2.05, 4.69) is 0 Å². The van der Waals surface area contributed by atoms with E-state index >= 15 is 0 Å². The first kappa shape index (κ1) is 20.2. The van der Waals surface area contributed by atoms with E-state index in [-0.39, 0.29) is 29.7 Å². The van der Waals surface area contributed by atoms with Gasteiger partial charge in [-0.2, -0.15) is 0 Å². The Morgan fingerprint density at radius 3 is 2.31 bits per heavy atom. The summed E-state index contributed by atoms with van der Waals surface area (Å²) in [6.45, 7) is 0.475. The average molecular weight is 401 g/mol. The summed E-state index contributed by atoms with van der Waals surface area (Å²) in [5.41, 5.74) is -1.91. The van der Waals surface area contributed by atoms with Gasteiger partial charge in [0.2, 0.25) is 0 Å². The number of esters is 1. The zero-order chi connectivity index (χ0) is 21.5. The fourth-order valence-electron chi connectivity index (χ4n) is 3.43. The molecule has 2 aromatic rings. The topological polar surface area (TPSA) is 164 Å². The third kappa shape index (κ3) is 3.36. The van der Waals surface area contributed by atoms with Gasteiger partial charge in [-0.1, -0.05) is 5.75 Å². The number of hydrogen-bond donors (Lipinski definition) is 4. The molecule has 9 heteroatoms. The first-order valence-corrected chi connectivity index (χ1v) is 8.63. The van der Waals surface area contributed by atoms with Crippen LogP contribution >= 0.6 is 0 Å². The summed E-state index contributed by atoms with van der Waals surface area (Å²) in [6.07, 6.45) is -0.00445. The second kappa shape index (κ2) is 7.44. The molecule has 0 amide bonds. The maximum absolute atomic E-state index is 13.0. The molecule has 0 saturated heterocycles. The molecule has 1 atom stereocenters. The molecule has 0 fully saturated rings. The number of rotatable bonds is 5. The Bertz CT molecular complexity index is 1040. The molecule has 0 radical (unpaired) electrons. The van der Waals surface area contributed by atoms with Crippen molar-refractivity contribution >= 4 is 17.5 Å². The molecule has 152 valence electrons. The van der Waals surface area contributed by atoms with Crippen LogP contribution in [0.3, 0.4) is 0 Å². The maximum Gasteiger partial charge on any atom is 0.302 e. The van der Waals surface area contributed by atoms with Crippen LogP contribution < -0.4 is 5.11 Å². The van der Waals surface area contributed by atoms with Crippen molar-refractivity contribution in [3.8, 4) is 23.0 Å². The normalized spacial score (nSPS) is 13.6. The van der Waals surface area contributed by atoms with Gasteiger partial charge < -0.3 is 30.3 Å². The quantitative estimate of drug-likeness (QED) is 0.450. The Labute approximate surface area is 164 Å². The summed E-state index contributed by atoms with van der Waals surface area (Å²) >= 11 is 0. The molecule has 2 aromatic carbocycles. The molecule has 0 aliphatic heterocycles. The number of aliphatic hydroxyl groups excluding tert-OH is 1. The van der Waals surface area contributed by atoms with Gasteiger partial charge in [-0.25, -0.2) is 0 Å². The van der Waals surface area contributed by atoms with E-state index in [9.17, 15) is 39.9 Å². The fourth-order valence-corrected chi connectivity index (χ4v) is 3.43. The SMILES string of the molecule is CC(=O)OCC[C@H](CO)c1c(O)cc2c(c1[O-])C(=O)c1c(O)cc(O)cc1C2=O. The van der Waals surface area contributed by atoms with Crippen molar-refractivity contribution in [3.63, 3.8) is 0 Å². The van der Waals surface area contributed by atoms with E-state index in [4.69, 9.17) is 4.74 Å². The first-order valence-electron chi connectivity index (χ1n) is 8.63. The lowest BCUT2D eigenvalue weighted by Gasteiger charge is -2.29. The summed E-state index contributed by atoms with van der Waals surface area (Å²) < 4.78 is 4.79. The number of phenols is 3. The van der Waals surface area contributed by atoms with Crippen LogP contribution in [0.4, 0.5) is 0 Å². The van der Waals surface area contributed by atoms with Gasteiger partial charge in [0.25, 0.3) is 0 Å². The van der Waals surface area contributed by atoms with Gasteiger partial charge in [0, 0.05) is 35.6 Å². The predicted molar refractivity (Wildman–Crippen MR) is 95.3 cm³/mol. The minimum absolute atomic E-state index is 0.00445. The van der Waals surface area contributed by atoms with Crippen molar-refractivity contribution in [2.24, 2.45) is 0 Å². The number of aromatic hydroxyl groups is 3. The predicted octanol–water partition coefficient (Wildman–Crippen LogP) is 0.681. The van der Waals surface area contributed by atoms with Gasteiger partial charge in [-0.3, -0.25) is 14.4 Å². The largest absolute Gasteiger partial charge is 0.872 e. The molecule has 0 aromatic heterocycles. The summed E-state index contributed by atoms with van der Waals surface area (Å²) in [5.74, 6) is -5.93. The van der Waals surface area contributed by atoms with Gasteiger partial charge in [0.05, 0.1) is 18.8 Å². The molecule has 0 saturated carbocycles. The summed E-state index contributed by atoms with van der Waals surface area (Å²) in [6, 6.07) is 2.81. The molecule has 1 aliphatic carbocycles. The number of hydrogen-bond acceptors (Lipinski definition) is 9. The van der Waals surface area contributed by atoms with Crippen LogP contribution in [0.2, 0.25) is 0 Å². The third-order valence-corrected chi connectivity index (χ3v) is 4.74. The molecule has 3 rings (SSSR count). The number of fused-ring (bicyclic) bond motifs is 2. The Morgan fingerprint density at radius 2 is 1.69 bits per heavy atom. The number of phenolic OH excluding ortho intramolecular Hbond substituents is 3. The van der Waals surface area contributed by atoms with E-state index in [1.165, 1.54) is 6.92 Å². The smallest absolute Gasteiger partial charge is 0.302 e. The van der Waals surface area contributed by atoms with Crippen LogP contribution in [0, 0.1) is 0 Å². The Hall–Kier alpha value is -3.59. The molecule has 9 nitrogen and oxygen atoms in total. The Kier molecular flexibility index (Phi) is 5.17. The number of benzene rings is 2. The molecule has 0 spiro atoms. The highest BCUT2D eigenvalue weighted by molar-refractivity contribution is 6.30. The van der Waals surface area contributed by atoms with Crippen LogP contribution in [0.15, 0.2) is 18.2 Å². The van der Waals surface area contributed by atoms with Gasteiger partial charge in [0.1, 0.15) is 17.2 Å². The van der Waals surface area contributed by atoms with Gasteiger partial charge in [0.15, 0.2) is 11.6 Å². The van der Waals surface area contributed by atoms with Crippen LogP contribution in [0.1, 0.15) is 56.7 Å². The summed E-state index contributed by atoms with van der Waals surface area (Å²) in [7, 11) is 0. The Balaban J connectivity index is 2.13. The molecule has 29 heavy (non-hydrogen) atoms. The standard InChI is InChI=1S/C20H18O9/c1-8(22)29-3-2-9(7-21)15-14(25)6-12-17(19(15)27)20(28)16-11(18(12)26)4-10(23)5-13(16)24/h4-6,9,21,23-25,27H,2-3,7H2,1H3/p-1/t9-/m1/s1. The molecular weight excluding hydrogens is 384 g/mol. The van der Waals surface area contributed by atoms with E-state index < -0.39 is 64.2 Å². The molecule has 4 N–H and O–H groups in total. The van der Waals surface area contributed by atoms with Gasteiger partial charge >= 0.3 is 5.97 Å². The van der Waals surface area contributed by atoms with Crippen LogP contribution in [-0.4, -0.2) is 51.2 Å². The highest BCUT2D eigenvalue weighted by Gasteiger charge is 2.35. The number of carbonyl (C=O) groups excluding carboxylic acids is 3. The van der Waals surface area contributed by atoms with Crippen LogP contribution in [-0.2, 0) is 9.53 Å². The molecule has 0 unspecified atom stereocenters. The van der Waals surface area contributed by atoms with E-state index in [1.807, 2.05) is 0 Å². The third-order valence-electron chi connectivity index (χ3n) is 4.74. The summed E-state index contributed by atoms with van der Waals surface area (Å²) in [4.78, 5) is 36.5. The number of ketones is 2. The number of carbonyl (C=O) groups is 3. The monoisotopic (exact) mass is 401 g/mol. The van der Waals surface area contributed by atoms with Crippen molar-refractivity contribution in [1.82, 2.24) is 0 Å². The lowest BCUT2D eigenvalue weighted by molar-refractivity contribution is -0.270. The summed E-state index contributed by atoms with van der Waals surface area (Å²) in [5, 5.41) is 52.6. The van der Waals surface area contributed by atoms with Crippen molar-refractivity contribution < 1.29 is 44.7 Å². The lowest BCUT2D eigenvalue weighted by atomic mass is 9.80. The van der Waals surface area contributed by atoms with Crippen LogP contribution in [0.25, 0.3) is 0 Å². The first-order chi connectivity index (χ1) is 13.7. The molecule has 0 heterocycles. The second-order valence-corrected chi connectivity index (χ2v) is 6.61. The van der Waals surface area contributed by atoms with Crippen molar-refractivity contribution in [2.75, 3.05) is 13.2 Å². The molecule has 1 aliphatic rings. The minimum atomic E-state index is -0.960. The highest BCUT2D eigenvalue weighted by atomic mass is 16.5. The second-order valence-electron chi connectivity index (χ2n) is 6.61. The van der Waals surface area contributed by atoms with Crippen molar-refractivity contribution in [3.05, 3.63) is 46.0 Å². The lowest BCUT2D eigenvalue weighted by Crippen LogP contribution is -2.24. The highest BCUT2D eigenvalue weighted by Crippen LogP contribution is 2.44. The van der Waals surface area contributed by atoms with Gasteiger partial charge in [-0.05, 0) is 24.1 Å². The average Bonchev–Trinajstić information content (AvgIpc) is 2.63. The van der Waals surface area contributed by atoms with Crippen molar-refractivity contribution in [1.29, 1.82) is 0 Å². The van der Waals surface area contributed by atoms with E-state index in [0.29, 0.717) is 0 Å². The maximum atomic E-state index is 13.0. The molecular formula is C20H17O9-. The van der Waals surface area contributed by atoms with Gasteiger partial charge in [-0.15, -0.1) is 0 Å². The zero-order valence-electron chi connectivity index (χ0n) is 15.3.